The molecule has 5 rings (SSSR count). The lowest BCUT2D eigenvalue weighted by Crippen LogP contribution is -2.44. The molecule has 2 fully saturated rings. The van der Waals surface area contributed by atoms with E-state index in [9.17, 15) is 4.79 Å². The minimum atomic E-state index is -0.194. The number of nitrogens with zero attached hydrogens (tertiary/aromatic N) is 4. The Morgan fingerprint density at radius 2 is 1.77 bits per heavy atom. The number of carbonyl (C=O) groups is 1. The zero-order valence-electron chi connectivity index (χ0n) is 16.9. The molecular formula is C23H24ClN5O. The van der Waals surface area contributed by atoms with Gasteiger partial charge in [-0.2, -0.15) is 5.10 Å². The lowest BCUT2D eigenvalue weighted by atomic mass is 9.77. The van der Waals surface area contributed by atoms with Gasteiger partial charge in [0.15, 0.2) is 0 Å². The van der Waals surface area contributed by atoms with E-state index in [4.69, 9.17) is 11.6 Å². The first-order chi connectivity index (χ1) is 14.6. The molecule has 0 radical (unpaired) electrons. The van der Waals surface area contributed by atoms with Crippen LogP contribution in [0.3, 0.4) is 0 Å². The van der Waals surface area contributed by atoms with Crippen molar-refractivity contribution in [3.8, 4) is 22.4 Å². The molecule has 2 aliphatic heterocycles. The van der Waals surface area contributed by atoms with Gasteiger partial charge in [-0.3, -0.25) is 14.5 Å². The summed E-state index contributed by atoms with van der Waals surface area (Å²) >= 11 is 6.63. The molecule has 1 N–H and O–H groups in total. The molecule has 2 aromatic heterocycles. The van der Waals surface area contributed by atoms with E-state index in [1.165, 1.54) is 0 Å². The number of hydrogen-bond acceptors (Lipinski definition) is 4. The summed E-state index contributed by atoms with van der Waals surface area (Å²) in [6, 6.07) is 10.4. The molecule has 0 aliphatic carbocycles. The second kappa shape index (κ2) is 7.43. The molecule has 7 heteroatoms. The van der Waals surface area contributed by atoms with E-state index in [2.05, 4.69) is 44.6 Å². The van der Waals surface area contributed by atoms with Crippen LogP contribution in [0.1, 0.15) is 19.3 Å². The van der Waals surface area contributed by atoms with Crippen LogP contribution in [0.4, 0.5) is 5.69 Å². The van der Waals surface area contributed by atoms with Gasteiger partial charge < -0.3 is 10.2 Å². The summed E-state index contributed by atoms with van der Waals surface area (Å²) in [5.74, 6) is 0.216. The third-order valence-corrected chi connectivity index (χ3v) is 6.76. The van der Waals surface area contributed by atoms with Gasteiger partial charge in [-0.1, -0.05) is 35.9 Å². The van der Waals surface area contributed by atoms with Crippen molar-refractivity contribution in [2.75, 3.05) is 24.5 Å². The van der Waals surface area contributed by atoms with E-state index in [0.29, 0.717) is 5.02 Å². The van der Waals surface area contributed by atoms with Crippen LogP contribution in [0.25, 0.3) is 22.4 Å². The maximum Gasteiger partial charge on any atom is 0.226 e. The summed E-state index contributed by atoms with van der Waals surface area (Å²) in [5, 5.41) is 8.12. The number of aromatic nitrogens is 3. The fourth-order valence-electron chi connectivity index (χ4n) is 4.70. The number of carbonyl (C=O) groups excluding carboxylic acids is 1. The normalized spacial score (nSPS) is 18.1. The van der Waals surface area contributed by atoms with Crippen molar-refractivity contribution in [1.82, 2.24) is 20.1 Å². The molecule has 0 saturated carbocycles. The molecule has 1 spiro atoms. The average Bonchev–Trinajstić information content (AvgIpc) is 3.35. The number of aryl methyl sites for hydroxylation is 1. The fraction of sp³-hybridized carbons (Fsp3) is 0.348. The summed E-state index contributed by atoms with van der Waals surface area (Å²) in [7, 11) is 1.92. The molecule has 2 aliphatic rings. The van der Waals surface area contributed by atoms with E-state index in [1.54, 1.807) is 10.9 Å². The fourth-order valence-corrected chi connectivity index (χ4v) is 4.98. The molecule has 4 heterocycles. The minimum Gasteiger partial charge on any atom is -0.370 e. The first-order valence-corrected chi connectivity index (χ1v) is 10.7. The molecule has 0 bridgehead atoms. The summed E-state index contributed by atoms with van der Waals surface area (Å²) in [4.78, 5) is 19.0. The molecule has 6 nitrogen and oxygen atoms in total. The number of hydrogen-bond donors (Lipinski definition) is 1. The van der Waals surface area contributed by atoms with Crippen LogP contribution in [-0.4, -0.2) is 40.3 Å². The number of pyridine rings is 1. The quantitative estimate of drug-likeness (QED) is 0.696. The van der Waals surface area contributed by atoms with Gasteiger partial charge in [0.05, 0.1) is 21.8 Å². The number of nitrogens with one attached hydrogen (secondary N) is 1. The Balaban J connectivity index is 1.43. The summed E-state index contributed by atoms with van der Waals surface area (Å²) < 4.78 is 1.80. The maximum atomic E-state index is 12.3. The van der Waals surface area contributed by atoms with Crippen LogP contribution in [0.5, 0.6) is 0 Å². The van der Waals surface area contributed by atoms with Gasteiger partial charge in [-0.05, 0) is 30.9 Å². The zero-order valence-corrected chi connectivity index (χ0v) is 17.7. The SMILES string of the molecule is Cn1ccc(-c2ccc(-c3cncc(Cl)c3N3CCC4(CCNC4=O)CC3)cc2)n1. The van der Waals surface area contributed by atoms with Crippen molar-refractivity contribution in [3.63, 3.8) is 0 Å². The van der Waals surface area contributed by atoms with Gasteiger partial charge in [0.2, 0.25) is 5.91 Å². The molecule has 154 valence electrons. The Hall–Kier alpha value is -2.86. The van der Waals surface area contributed by atoms with Crippen molar-refractivity contribution in [3.05, 3.63) is 53.9 Å². The van der Waals surface area contributed by atoms with Crippen LogP contribution in [0, 0.1) is 5.41 Å². The number of benzene rings is 1. The van der Waals surface area contributed by atoms with Crippen LogP contribution < -0.4 is 10.2 Å². The van der Waals surface area contributed by atoms with Gasteiger partial charge in [0.1, 0.15) is 0 Å². The Kier molecular flexibility index (Phi) is 4.74. The highest BCUT2D eigenvalue weighted by molar-refractivity contribution is 6.33. The number of piperidine rings is 1. The predicted molar refractivity (Wildman–Crippen MR) is 118 cm³/mol. The first-order valence-electron chi connectivity index (χ1n) is 10.3. The predicted octanol–water partition coefficient (Wildman–Crippen LogP) is 3.91. The highest BCUT2D eigenvalue weighted by Gasteiger charge is 2.44. The number of rotatable bonds is 3. The smallest absolute Gasteiger partial charge is 0.226 e. The van der Waals surface area contributed by atoms with Crippen LogP contribution in [-0.2, 0) is 11.8 Å². The van der Waals surface area contributed by atoms with E-state index >= 15 is 0 Å². The zero-order chi connectivity index (χ0) is 20.7. The van der Waals surface area contributed by atoms with Gasteiger partial charge in [-0.15, -0.1) is 0 Å². The van der Waals surface area contributed by atoms with Crippen molar-refractivity contribution >= 4 is 23.2 Å². The topological polar surface area (TPSA) is 63.1 Å². The Morgan fingerprint density at radius 1 is 1.03 bits per heavy atom. The van der Waals surface area contributed by atoms with Crippen molar-refractivity contribution in [2.45, 2.75) is 19.3 Å². The van der Waals surface area contributed by atoms with Crippen LogP contribution in [0.2, 0.25) is 5.02 Å². The van der Waals surface area contributed by atoms with Crippen molar-refractivity contribution < 1.29 is 4.79 Å². The molecular weight excluding hydrogens is 398 g/mol. The van der Waals surface area contributed by atoms with Crippen LogP contribution >= 0.6 is 11.6 Å². The molecule has 2 saturated heterocycles. The van der Waals surface area contributed by atoms with Gasteiger partial charge in [0, 0.05) is 56.4 Å². The first kappa shape index (κ1) is 19.1. The largest absolute Gasteiger partial charge is 0.370 e. The number of amides is 1. The summed E-state index contributed by atoms with van der Waals surface area (Å²) in [6.07, 6.45) is 8.17. The van der Waals surface area contributed by atoms with E-state index in [0.717, 1.165) is 67.0 Å². The van der Waals surface area contributed by atoms with E-state index in [-0.39, 0.29) is 11.3 Å². The van der Waals surface area contributed by atoms with Crippen molar-refractivity contribution in [1.29, 1.82) is 0 Å². The van der Waals surface area contributed by atoms with Gasteiger partial charge >= 0.3 is 0 Å². The molecule has 3 aromatic rings. The summed E-state index contributed by atoms with van der Waals surface area (Å²) in [6.45, 7) is 2.43. The lowest BCUT2D eigenvalue weighted by Gasteiger charge is -2.39. The lowest BCUT2D eigenvalue weighted by molar-refractivity contribution is -0.128. The molecule has 30 heavy (non-hydrogen) atoms. The Morgan fingerprint density at radius 3 is 2.40 bits per heavy atom. The molecule has 0 atom stereocenters. The average molecular weight is 422 g/mol. The highest BCUT2D eigenvalue weighted by Crippen LogP contribution is 2.43. The third-order valence-electron chi connectivity index (χ3n) is 6.49. The standard InChI is InChI=1S/C23H24ClN5O/c1-28-11-6-20(27-28)17-4-2-16(3-5-17)18-14-25-15-19(24)21(18)29-12-8-23(9-13-29)7-10-26-22(23)30/h2-6,11,14-15H,7-10,12-13H2,1H3,(H,26,30). The molecule has 0 unspecified atom stereocenters. The summed E-state index contributed by atoms with van der Waals surface area (Å²) in [5.41, 5.74) is 4.92. The molecule has 1 aromatic carbocycles. The minimum absolute atomic E-state index is 0.194. The monoisotopic (exact) mass is 421 g/mol. The Bertz CT molecular complexity index is 1080. The van der Waals surface area contributed by atoms with E-state index < -0.39 is 0 Å². The molecule has 1 amide bonds. The Labute approximate surface area is 180 Å². The third kappa shape index (κ3) is 3.25. The second-order valence-electron chi connectivity index (χ2n) is 8.24. The van der Waals surface area contributed by atoms with Crippen LogP contribution in [0.15, 0.2) is 48.9 Å². The highest BCUT2D eigenvalue weighted by atomic mass is 35.5. The van der Waals surface area contributed by atoms with E-state index in [1.807, 2.05) is 25.5 Å². The maximum absolute atomic E-state index is 12.3. The second-order valence-corrected chi connectivity index (χ2v) is 8.65. The van der Waals surface area contributed by atoms with Crippen molar-refractivity contribution in [2.24, 2.45) is 12.5 Å². The number of anilines is 1. The number of halogens is 1. The van der Waals surface area contributed by atoms with Gasteiger partial charge in [-0.25, -0.2) is 0 Å². The van der Waals surface area contributed by atoms with Gasteiger partial charge in [0.25, 0.3) is 0 Å².